The number of halogens is 1. The van der Waals surface area contributed by atoms with Crippen LogP contribution in [-0.4, -0.2) is 28.8 Å². The molecule has 0 aliphatic rings. The van der Waals surface area contributed by atoms with Crippen molar-refractivity contribution in [1.29, 1.82) is 0 Å². The molecule has 2 heterocycles. The van der Waals surface area contributed by atoms with Crippen LogP contribution in [0.1, 0.15) is 5.56 Å². The Bertz CT molecular complexity index is 1720. The number of amidine groups is 1. The first-order valence-corrected chi connectivity index (χ1v) is 13.2. The van der Waals surface area contributed by atoms with Gasteiger partial charge in [0.05, 0.1) is 27.4 Å². The van der Waals surface area contributed by atoms with Gasteiger partial charge in [-0.05, 0) is 36.4 Å². The smallest absolute Gasteiger partial charge is 0.282 e. The molecule has 11 heteroatoms. The van der Waals surface area contributed by atoms with E-state index in [4.69, 9.17) is 11.6 Å². The number of para-hydroxylation sites is 1. The number of hydrogen-bond donors (Lipinski definition) is 1. The van der Waals surface area contributed by atoms with Gasteiger partial charge in [0.2, 0.25) is 5.13 Å². The Morgan fingerprint density at radius 3 is 2.39 bits per heavy atom. The number of azo groups is 1. The Balaban J connectivity index is 1.57. The van der Waals surface area contributed by atoms with Gasteiger partial charge < -0.3 is 0 Å². The summed E-state index contributed by atoms with van der Waals surface area (Å²) in [6, 6.07) is 24.4. The maximum atomic E-state index is 11.3. The van der Waals surface area contributed by atoms with Gasteiger partial charge in [-0.15, -0.1) is 21.6 Å². The predicted octanol–water partition coefficient (Wildman–Crippen LogP) is 7.12. The van der Waals surface area contributed by atoms with Crippen LogP contribution in [0, 0.1) is 0 Å². The molecule has 0 saturated heterocycles. The summed E-state index contributed by atoms with van der Waals surface area (Å²) >= 11 is 7.86. The zero-order chi connectivity index (χ0) is 25.1. The predicted molar refractivity (Wildman–Crippen MR) is 141 cm³/mol. The number of hydrogen-bond acceptors (Lipinski definition) is 7. The Kier molecular flexibility index (Phi) is 6.66. The number of thiazole rings is 1. The maximum absolute atomic E-state index is 11.3. The van der Waals surface area contributed by atoms with Crippen molar-refractivity contribution in [2.24, 2.45) is 15.2 Å². The first-order chi connectivity index (χ1) is 17.4. The monoisotopic (exact) mass is 533 g/mol. The third kappa shape index (κ3) is 5.37. The van der Waals surface area contributed by atoms with Gasteiger partial charge in [0.1, 0.15) is 5.15 Å². The first kappa shape index (κ1) is 23.9. The SMILES string of the molecule is O=S(=O)(O)c1ccc(N=N/C(=N\c2nc(-c3ccccc3)cs2)c2cc3ccccc3nc2Cl)cc1. The van der Waals surface area contributed by atoms with Gasteiger partial charge in [0, 0.05) is 16.3 Å². The molecule has 1 N–H and O–H groups in total. The molecule has 0 amide bonds. The van der Waals surface area contributed by atoms with E-state index in [0.29, 0.717) is 16.4 Å². The topological polar surface area (TPSA) is 117 Å². The van der Waals surface area contributed by atoms with Crippen molar-refractivity contribution in [3.8, 4) is 11.3 Å². The Morgan fingerprint density at radius 2 is 1.64 bits per heavy atom. The van der Waals surface area contributed by atoms with Crippen molar-refractivity contribution in [3.63, 3.8) is 0 Å². The molecule has 0 bridgehead atoms. The highest BCUT2D eigenvalue weighted by Crippen LogP contribution is 2.29. The second kappa shape index (κ2) is 10.0. The van der Waals surface area contributed by atoms with Crippen molar-refractivity contribution < 1.29 is 13.0 Å². The molecule has 0 spiro atoms. The molecule has 0 radical (unpaired) electrons. The zero-order valence-corrected chi connectivity index (χ0v) is 20.7. The highest BCUT2D eigenvalue weighted by atomic mass is 35.5. The van der Waals surface area contributed by atoms with Gasteiger partial charge >= 0.3 is 0 Å². The fourth-order valence-corrected chi connectivity index (χ4v) is 4.73. The van der Waals surface area contributed by atoms with Crippen molar-refractivity contribution >= 4 is 60.6 Å². The minimum Gasteiger partial charge on any atom is -0.282 e. The van der Waals surface area contributed by atoms with E-state index in [1.54, 1.807) is 0 Å². The highest BCUT2D eigenvalue weighted by Gasteiger charge is 2.14. The van der Waals surface area contributed by atoms with E-state index in [9.17, 15) is 13.0 Å². The molecule has 0 saturated carbocycles. The van der Waals surface area contributed by atoms with Crippen LogP contribution >= 0.6 is 22.9 Å². The van der Waals surface area contributed by atoms with Gasteiger partial charge in [-0.3, -0.25) is 4.55 Å². The average Bonchev–Trinajstić information content (AvgIpc) is 3.35. The molecule has 0 aliphatic heterocycles. The van der Waals surface area contributed by atoms with E-state index in [1.165, 1.54) is 35.6 Å². The van der Waals surface area contributed by atoms with Crippen LogP contribution < -0.4 is 0 Å². The van der Waals surface area contributed by atoms with E-state index in [-0.39, 0.29) is 15.9 Å². The number of pyridine rings is 1. The molecule has 0 unspecified atom stereocenters. The van der Waals surface area contributed by atoms with Crippen LogP contribution in [0.2, 0.25) is 5.15 Å². The van der Waals surface area contributed by atoms with Gasteiger partial charge in [-0.25, -0.2) is 9.97 Å². The van der Waals surface area contributed by atoms with Crippen LogP contribution in [0.4, 0.5) is 10.8 Å². The quantitative estimate of drug-likeness (QED) is 0.0848. The van der Waals surface area contributed by atoms with E-state index in [2.05, 4.69) is 25.2 Å². The maximum Gasteiger partial charge on any atom is 0.294 e. The van der Waals surface area contributed by atoms with Crippen LogP contribution in [0.3, 0.4) is 0 Å². The summed E-state index contributed by atoms with van der Waals surface area (Å²) in [6.45, 7) is 0. The van der Waals surface area contributed by atoms with E-state index < -0.39 is 10.1 Å². The van der Waals surface area contributed by atoms with Crippen LogP contribution in [0.25, 0.3) is 22.2 Å². The summed E-state index contributed by atoms with van der Waals surface area (Å²) in [6.07, 6.45) is 0. The summed E-state index contributed by atoms with van der Waals surface area (Å²) < 4.78 is 31.8. The molecule has 5 rings (SSSR count). The molecule has 178 valence electrons. The second-order valence-corrected chi connectivity index (χ2v) is 10.1. The third-order valence-corrected chi connectivity index (χ3v) is 6.97. The van der Waals surface area contributed by atoms with E-state index in [1.807, 2.05) is 66.0 Å². The van der Waals surface area contributed by atoms with Crippen LogP contribution in [0.15, 0.2) is 110 Å². The molecular formula is C25H16ClN5O3S2. The molecule has 0 fully saturated rings. The molecule has 3 aromatic carbocycles. The average molecular weight is 534 g/mol. The van der Waals surface area contributed by atoms with Gasteiger partial charge in [0.15, 0.2) is 5.84 Å². The summed E-state index contributed by atoms with van der Waals surface area (Å²) in [5.41, 5.74) is 3.28. The van der Waals surface area contributed by atoms with Crippen molar-refractivity contribution in [2.45, 2.75) is 4.90 Å². The summed E-state index contributed by atoms with van der Waals surface area (Å²) in [4.78, 5) is 13.4. The molecule has 0 atom stereocenters. The number of aromatic nitrogens is 2. The number of fused-ring (bicyclic) bond motifs is 1. The largest absolute Gasteiger partial charge is 0.294 e. The number of benzene rings is 3. The molecule has 0 aliphatic carbocycles. The summed E-state index contributed by atoms with van der Waals surface area (Å²) in [5, 5.41) is 11.9. The van der Waals surface area contributed by atoms with E-state index >= 15 is 0 Å². The summed E-state index contributed by atoms with van der Waals surface area (Å²) in [5.74, 6) is 0.186. The fourth-order valence-electron chi connectivity index (χ4n) is 3.32. The Labute approximate surface area is 215 Å². The van der Waals surface area contributed by atoms with Gasteiger partial charge in [-0.1, -0.05) is 60.1 Å². The third-order valence-electron chi connectivity index (χ3n) is 5.08. The molecule has 2 aromatic heterocycles. The Morgan fingerprint density at radius 1 is 0.917 bits per heavy atom. The van der Waals surface area contributed by atoms with Crippen LogP contribution in [-0.2, 0) is 10.1 Å². The van der Waals surface area contributed by atoms with Crippen molar-refractivity contribution in [3.05, 3.63) is 101 Å². The van der Waals surface area contributed by atoms with Crippen molar-refractivity contribution in [2.75, 3.05) is 0 Å². The van der Waals surface area contributed by atoms with Gasteiger partial charge in [0.25, 0.3) is 10.1 Å². The zero-order valence-electron chi connectivity index (χ0n) is 18.4. The van der Waals surface area contributed by atoms with Crippen molar-refractivity contribution in [1.82, 2.24) is 9.97 Å². The lowest BCUT2D eigenvalue weighted by molar-refractivity contribution is 0.483. The normalized spacial score (nSPS) is 12.4. The second-order valence-electron chi connectivity index (χ2n) is 7.51. The number of aliphatic imine (C=N–C) groups is 1. The standard InChI is InChI=1S/C25H16ClN5O3S2/c26-23-20(14-17-8-4-5-9-21(17)27-23)24(31-30-18-10-12-19(13-11-18)36(32,33)34)29-25-28-22(15-35-25)16-6-2-1-3-7-16/h1-15H,(H,32,33,34)/b29-24-,31-30?. The minimum absolute atomic E-state index is 0.186. The van der Waals surface area contributed by atoms with Crippen LogP contribution in [0.5, 0.6) is 0 Å². The number of nitrogens with zero attached hydrogens (tertiary/aromatic N) is 5. The minimum atomic E-state index is -4.31. The highest BCUT2D eigenvalue weighted by molar-refractivity contribution is 7.85. The first-order valence-electron chi connectivity index (χ1n) is 10.5. The number of rotatable bonds is 5. The fraction of sp³-hybridized carbons (Fsp3) is 0. The summed E-state index contributed by atoms with van der Waals surface area (Å²) in [7, 11) is -4.31. The molecule has 8 nitrogen and oxygen atoms in total. The Hall–Kier alpha value is -3.83. The lowest BCUT2D eigenvalue weighted by Crippen LogP contribution is -2.00. The molecular weight excluding hydrogens is 518 g/mol. The molecule has 36 heavy (non-hydrogen) atoms. The van der Waals surface area contributed by atoms with Gasteiger partial charge in [-0.2, -0.15) is 13.4 Å². The lowest BCUT2D eigenvalue weighted by atomic mass is 10.1. The lowest BCUT2D eigenvalue weighted by Gasteiger charge is -2.05. The van der Waals surface area contributed by atoms with E-state index in [0.717, 1.165) is 22.2 Å². The molecule has 5 aromatic rings.